The first-order chi connectivity index (χ1) is 4.72. The summed E-state index contributed by atoms with van der Waals surface area (Å²) in [6, 6.07) is 5.05. The Morgan fingerprint density at radius 1 is 1.40 bits per heavy atom. The van der Waals surface area contributed by atoms with E-state index in [0.717, 1.165) is 3.57 Å². The number of nitrogens with one attached hydrogen (secondary N) is 1. The van der Waals surface area contributed by atoms with Crippen molar-refractivity contribution in [1.29, 1.82) is 0 Å². The molecule has 0 fully saturated rings. The van der Waals surface area contributed by atoms with Crippen molar-refractivity contribution in [2.24, 2.45) is 5.84 Å². The number of benzene rings is 1. The number of hydrogen-bond donors (Lipinski definition) is 3. The molecule has 4 heteroatoms. The zero-order valence-corrected chi connectivity index (χ0v) is 7.29. The van der Waals surface area contributed by atoms with Gasteiger partial charge in [-0.25, -0.2) is 0 Å². The lowest BCUT2D eigenvalue weighted by Gasteiger charge is -2.00. The van der Waals surface area contributed by atoms with E-state index in [0.29, 0.717) is 5.69 Å². The van der Waals surface area contributed by atoms with E-state index in [1.165, 1.54) is 0 Å². The molecule has 0 aliphatic carbocycles. The largest absolute Gasteiger partial charge is 0.508 e. The normalized spacial score (nSPS) is 9.40. The van der Waals surface area contributed by atoms with E-state index in [2.05, 4.69) is 28.0 Å². The van der Waals surface area contributed by atoms with Crippen LogP contribution in [0.5, 0.6) is 5.75 Å². The molecular weight excluding hydrogens is 243 g/mol. The van der Waals surface area contributed by atoms with Crippen molar-refractivity contribution in [1.82, 2.24) is 0 Å². The van der Waals surface area contributed by atoms with Crippen LogP contribution in [0, 0.1) is 3.57 Å². The first-order valence-corrected chi connectivity index (χ1v) is 3.76. The highest BCUT2D eigenvalue weighted by atomic mass is 127. The highest BCUT2D eigenvalue weighted by Gasteiger charge is 1.94. The van der Waals surface area contributed by atoms with Gasteiger partial charge in [-0.2, -0.15) is 0 Å². The monoisotopic (exact) mass is 250 g/mol. The summed E-state index contributed by atoms with van der Waals surface area (Å²) in [5.74, 6) is 5.35. The van der Waals surface area contributed by atoms with Gasteiger partial charge in [0.15, 0.2) is 0 Å². The van der Waals surface area contributed by atoms with E-state index in [1.54, 1.807) is 12.1 Å². The zero-order valence-electron chi connectivity index (χ0n) is 5.13. The predicted octanol–water partition coefficient (Wildman–Crippen LogP) is 1.28. The molecule has 0 atom stereocenters. The number of nitrogen functional groups attached to an aromatic ring is 1. The molecule has 0 aliphatic rings. The van der Waals surface area contributed by atoms with Crippen LogP contribution in [0.4, 0.5) is 5.69 Å². The fourth-order valence-electron chi connectivity index (χ4n) is 0.657. The first kappa shape index (κ1) is 7.62. The topological polar surface area (TPSA) is 58.3 Å². The molecule has 0 aliphatic heterocycles. The Labute approximate surface area is 72.3 Å². The summed E-state index contributed by atoms with van der Waals surface area (Å²) in [4.78, 5) is 0. The molecule has 1 aromatic carbocycles. The number of hydrogen-bond acceptors (Lipinski definition) is 3. The fourth-order valence-corrected chi connectivity index (χ4v) is 1.31. The molecule has 0 amide bonds. The summed E-state index contributed by atoms with van der Waals surface area (Å²) in [6.07, 6.45) is 0. The van der Waals surface area contributed by atoms with E-state index >= 15 is 0 Å². The molecule has 3 nitrogen and oxygen atoms in total. The van der Waals surface area contributed by atoms with Gasteiger partial charge >= 0.3 is 0 Å². The molecule has 0 spiro atoms. The maximum absolute atomic E-state index is 9.02. The Morgan fingerprint density at radius 3 is 2.60 bits per heavy atom. The van der Waals surface area contributed by atoms with Crippen molar-refractivity contribution < 1.29 is 5.11 Å². The summed E-state index contributed by atoms with van der Waals surface area (Å²) >= 11 is 2.10. The summed E-state index contributed by atoms with van der Waals surface area (Å²) in [5, 5.41) is 9.02. The van der Waals surface area contributed by atoms with Crippen molar-refractivity contribution in [2.75, 3.05) is 5.43 Å². The standard InChI is InChI=1S/C6H7IN2O/c7-4-1-5(9-8)3-6(10)2-4/h1-3,9-10H,8H2. The second-order valence-electron chi connectivity index (χ2n) is 1.84. The van der Waals surface area contributed by atoms with Crippen molar-refractivity contribution in [3.8, 4) is 5.75 Å². The Hall–Kier alpha value is -0.490. The molecule has 0 unspecified atom stereocenters. The quantitative estimate of drug-likeness (QED) is 0.400. The third-order valence-electron chi connectivity index (χ3n) is 1.05. The Balaban J connectivity index is 3.06. The van der Waals surface area contributed by atoms with Crippen LogP contribution in [0.25, 0.3) is 0 Å². The van der Waals surface area contributed by atoms with Crippen LogP contribution in [0.15, 0.2) is 18.2 Å². The lowest BCUT2D eigenvalue weighted by molar-refractivity contribution is 0.475. The van der Waals surface area contributed by atoms with E-state index < -0.39 is 0 Å². The summed E-state index contributed by atoms with van der Waals surface area (Å²) in [5.41, 5.74) is 3.16. The van der Waals surface area contributed by atoms with Crippen LogP contribution in [0.1, 0.15) is 0 Å². The van der Waals surface area contributed by atoms with Gasteiger partial charge in [-0.05, 0) is 34.7 Å². The number of anilines is 1. The molecule has 0 saturated heterocycles. The molecule has 10 heavy (non-hydrogen) atoms. The van der Waals surface area contributed by atoms with Gasteiger partial charge in [0.2, 0.25) is 0 Å². The lowest BCUT2D eigenvalue weighted by Crippen LogP contribution is -2.06. The van der Waals surface area contributed by atoms with Crippen LogP contribution in [-0.4, -0.2) is 5.11 Å². The SMILES string of the molecule is NNc1cc(O)cc(I)c1. The van der Waals surface area contributed by atoms with Gasteiger partial charge in [0.25, 0.3) is 0 Å². The minimum absolute atomic E-state index is 0.222. The average molecular weight is 250 g/mol. The first-order valence-electron chi connectivity index (χ1n) is 2.68. The van der Waals surface area contributed by atoms with Crippen molar-refractivity contribution in [3.05, 3.63) is 21.8 Å². The molecule has 0 heterocycles. The third-order valence-corrected chi connectivity index (χ3v) is 1.67. The fraction of sp³-hybridized carbons (Fsp3) is 0. The average Bonchev–Trinajstić information content (AvgIpc) is 1.85. The minimum atomic E-state index is 0.222. The molecule has 54 valence electrons. The number of phenols is 1. The molecule has 0 bridgehead atoms. The van der Waals surface area contributed by atoms with E-state index in [4.69, 9.17) is 10.9 Å². The molecule has 1 aromatic rings. The molecule has 1 rings (SSSR count). The number of nitrogens with two attached hydrogens (primary N) is 1. The molecule has 4 N–H and O–H groups in total. The van der Waals surface area contributed by atoms with Crippen molar-refractivity contribution >= 4 is 28.3 Å². The Morgan fingerprint density at radius 2 is 2.10 bits per heavy atom. The van der Waals surface area contributed by atoms with Crippen LogP contribution < -0.4 is 11.3 Å². The van der Waals surface area contributed by atoms with Crippen molar-refractivity contribution in [3.63, 3.8) is 0 Å². The number of halogens is 1. The third kappa shape index (κ3) is 1.74. The van der Waals surface area contributed by atoms with Gasteiger partial charge < -0.3 is 10.5 Å². The summed E-state index contributed by atoms with van der Waals surface area (Å²) < 4.78 is 0.950. The second-order valence-corrected chi connectivity index (χ2v) is 3.09. The van der Waals surface area contributed by atoms with Crippen LogP contribution >= 0.6 is 22.6 Å². The van der Waals surface area contributed by atoms with Gasteiger partial charge in [0.1, 0.15) is 5.75 Å². The van der Waals surface area contributed by atoms with Gasteiger partial charge in [-0.15, -0.1) is 0 Å². The molecule has 0 radical (unpaired) electrons. The lowest BCUT2D eigenvalue weighted by atomic mass is 10.3. The van der Waals surface area contributed by atoms with Crippen LogP contribution in [0.2, 0.25) is 0 Å². The number of phenolic OH excluding ortho intramolecular Hbond substituents is 1. The molecular formula is C6H7IN2O. The zero-order chi connectivity index (χ0) is 7.56. The molecule has 0 saturated carbocycles. The van der Waals surface area contributed by atoms with Crippen molar-refractivity contribution in [2.45, 2.75) is 0 Å². The van der Waals surface area contributed by atoms with E-state index in [1.807, 2.05) is 6.07 Å². The number of aromatic hydroxyl groups is 1. The van der Waals surface area contributed by atoms with Crippen LogP contribution in [0.3, 0.4) is 0 Å². The second kappa shape index (κ2) is 3.07. The van der Waals surface area contributed by atoms with Crippen LogP contribution in [-0.2, 0) is 0 Å². The Kier molecular flexibility index (Phi) is 2.34. The summed E-state index contributed by atoms with van der Waals surface area (Å²) in [6.45, 7) is 0. The number of hydrazine groups is 1. The van der Waals surface area contributed by atoms with Gasteiger partial charge in [-0.1, -0.05) is 0 Å². The van der Waals surface area contributed by atoms with E-state index in [-0.39, 0.29) is 5.75 Å². The maximum Gasteiger partial charge on any atom is 0.118 e. The number of rotatable bonds is 1. The van der Waals surface area contributed by atoms with Gasteiger partial charge in [0, 0.05) is 9.64 Å². The maximum atomic E-state index is 9.02. The highest BCUT2D eigenvalue weighted by molar-refractivity contribution is 14.1. The molecule has 0 aromatic heterocycles. The predicted molar refractivity (Wildman–Crippen MR) is 48.6 cm³/mol. The van der Waals surface area contributed by atoms with Gasteiger partial charge in [-0.3, -0.25) is 5.84 Å². The van der Waals surface area contributed by atoms with Gasteiger partial charge in [0.05, 0.1) is 5.69 Å². The Bertz CT molecular complexity index is 219. The summed E-state index contributed by atoms with van der Waals surface area (Å²) in [7, 11) is 0. The van der Waals surface area contributed by atoms with E-state index in [9.17, 15) is 0 Å². The minimum Gasteiger partial charge on any atom is -0.508 e. The highest BCUT2D eigenvalue weighted by Crippen LogP contribution is 2.19. The smallest absolute Gasteiger partial charge is 0.118 e.